The van der Waals surface area contributed by atoms with Crippen molar-refractivity contribution in [2.75, 3.05) is 6.54 Å². The minimum absolute atomic E-state index is 0.159. The number of imidazole rings is 1. The predicted octanol–water partition coefficient (Wildman–Crippen LogP) is 3.70. The van der Waals surface area contributed by atoms with E-state index in [-0.39, 0.29) is 12.1 Å². The van der Waals surface area contributed by atoms with Crippen molar-refractivity contribution in [3.05, 3.63) is 53.7 Å². The van der Waals surface area contributed by atoms with Gasteiger partial charge in [0, 0.05) is 13.1 Å². The summed E-state index contributed by atoms with van der Waals surface area (Å²) in [6.45, 7) is 7.21. The molecule has 132 valence electrons. The highest BCUT2D eigenvalue weighted by atomic mass is 16.3. The zero-order chi connectivity index (χ0) is 17.8. The number of aryl methyl sites for hydroxylation is 3. The molecule has 1 aromatic carbocycles. The van der Waals surface area contributed by atoms with Gasteiger partial charge in [-0.3, -0.25) is 0 Å². The second-order valence-corrected chi connectivity index (χ2v) is 6.22. The van der Waals surface area contributed by atoms with Gasteiger partial charge in [-0.25, -0.2) is 9.78 Å². The molecule has 0 spiro atoms. The lowest BCUT2D eigenvalue weighted by atomic mass is 10.2. The zero-order valence-electron chi connectivity index (χ0n) is 14.9. The Hall–Kier alpha value is -2.76. The standard InChI is InChI=1S/C19H24N4O2/c1-13-9-10-18(25-13)14(2)21-19(24)20-11-6-12-23-15(3)22-16-7-4-5-8-17(16)23/h4-5,7-10,14H,6,11-12H2,1-3H3,(H2,20,21,24). The van der Waals surface area contributed by atoms with E-state index in [2.05, 4.69) is 26.3 Å². The number of furan rings is 1. The van der Waals surface area contributed by atoms with Gasteiger partial charge in [0.2, 0.25) is 0 Å². The third kappa shape index (κ3) is 4.02. The molecule has 1 unspecified atom stereocenters. The first kappa shape index (κ1) is 17.1. The second-order valence-electron chi connectivity index (χ2n) is 6.22. The molecule has 1 atom stereocenters. The molecule has 3 aromatic rings. The van der Waals surface area contributed by atoms with Gasteiger partial charge in [-0.2, -0.15) is 0 Å². The van der Waals surface area contributed by atoms with Crippen LogP contribution in [-0.4, -0.2) is 22.1 Å². The minimum Gasteiger partial charge on any atom is -0.464 e. The van der Waals surface area contributed by atoms with E-state index in [1.165, 1.54) is 0 Å². The van der Waals surface area contributed by atoms with Gasteiger partial charge in [-0.1, -0.05) is 12.1 Å². The van der Waals surface area contributed by atoms with E-state index in [0.717, 1.165) is 41.3 Å². The zero-order valence-corrected chi connectivity index (χ0v) is 14.9. The molecule has 0 saturated carbocycles. The number of aromatic nitrogens is 2. The number of carbonyl (C=O) groups is 1. The normalized spacial score (nSPS) is 12.3. The SMILES string of the molecule is Cc1ccc(C(C)NC(=O)NCCCn2c(C)nc3ccccc32)o1. The van der Waals surface area contributed by atoms with Crippen LogP contribution in [-0.2, 0) is 6.54 Å². The molecule has 25 heavy (non-hydrogen) atoms. The first-order valence-corrected chi connectivity index (χ1v) is 8.57. The summed E-state index contributed by atoms with van der Waals surface area (Å²) in [6, 6.07) is 11.5. The van der Waals surface area contributed by atoms with Gasteiger partial charge >= 0.3 is 6.03 Å². The Morgan fingerprint density at radius 2 is 2.04 bits per heavy atom. The van der Waals surface area contributed by atoms with Crippen LogP contribution < -0.4 is 10.6 Å². The van der Waals surface area contributed by atoms with Gasteiger partial charge in [0.1, 0.15) is 17.3 Å². The first-order chi connectivity index (χ1) is 12.0. The molecule has 2 heterocycles. The van der Waals surface area contributed by atoms with E-state index in [1.54, 1.807) is 0 Å². The molecule has 2 amide bonds. The topological polar surface area (TPSA) is 72.1 Å². The number of hydrogen-bond acceptors (Lipinski definition) is 3. The van der Waals surface area contributed by atoms with Crippen molar-refractivity contribution in [3.8, 4) is 0 Å². The molecule has 2 aromatic heterocycles. The van der Waals surface area contributed by atoms with E-state index >= 15 is 0 Å². The van der Waals surface area contributed by atoms with Crippen molar-refractivity contribution < 1.29 is 9.21 Å². The molecular formula is C19H24N4O2. The molecule has 0 fully saturated rings. The van der Waals surface area contributed by atoms with E-state index in [4.69, 9.17) is 4.42 Å². The molecule has 6 heteroatoms. The highest BCUT2D eigenvalue weighted by Gasteiger charge is 2.12. The third-order valence-corrected chi connectivity index (χ3v) is 4.22. The largest absolute Gasteiger partial charge is 0.464 e. The Bertz CT molecular complexity index is 865. The van der Waals surface area contributed by atoms with Crippen LogP contribution in [0.5, 0.6) is 0 Å². The van der Waals surface area contributed by atoms with E-state index in [0.29, 0.717) is 6.54 Å². The highest BCUT2D eigenvalue weighted by molar-refractivity contribution is 5.76. The van der Waals surface area contributed by atoms with Gasteiger partial charge in [0.05, 0.1) is 17.1 Å². The summed E-state index contributed by atoms with van der Waals surface area (Å²) in [4.78, 5) is 16.5. The summed E-state index contributed by atoms with van der Waals surface area (Å²) >= 11 is 0. The second kappa shape index (κ2) is 7.42. The summed E-state index contributed by atoms with van der Waals surface area (Å²) in [5.74, 6) is 2.59. The van der Waals surface area contributed by atoms with Crippen LogP contribution in [0.25, 0.3) is 11.0 Å². The summed E-state index contributed by atoms with van der Waals surface area (Å²) in [7, 11) is 0. The molecular weight excluding hydrogens is 316 g/mol. The Morgan fingerprint density at radius 1 is 1.24 bits per heavy atom. The minimum atomic E-state index is -0.186. The number of rotatable bonds is 6. The van der Waals surface area contributed by atoms with E-state index in [9.17, 15) is 4.79 Å². The number of nitrogens with one attached hydrogen (secondary N) is 2. The quantitative estimate of drug-likeness (QED) is 0.672. The fraction of sp³-hybridized carbons (Fsp3) is 0.368. The number of fused-ring (bicyclic) bond motifs is 1. The van der Waals surface area contributed by atoms with Gasteiger partial charge in [0.15, 0.2) is 0 Å². The fourth-order valence-electron chi connectivity index (χ4n) is 2.92. The predicted molar refractivity (Wildman–Crippen MR) is 97.5 cm³/mol. The molecule has 0 aliphatic rings. The van der Waals surface area contributed by atoms with E-state index in [1.807, 2.05) is 51.1 Å². The van der Waals surface area contributed by atoms with E-state index < -0.39 is 0 Å². The van der Waals surface area contributed by atoms with Gasteiger partial charge in [0.25, 0.3) is 0 Å². The number of benzene rings is 1. The number of carbonyl (C=O) groups excluding carboxylic acids is 1. The van der Waals surface area contributed by atoms with Crippen LogP contribution >= 0.6 is 0 Å². The average Bonchev–Trinajstić information content (AvgIpc) is 3.15. The number of amides is 2. The Balaban J connectivity index is 1.46. The summed E-state index contributed by atoms with van der Waals surface area (Å²) < 4.78 is 7.71. The molecule has 0 aliphatic carbocycles. The van der Waals surface area contributed by atoms with Gasteiger partial charge in [-0.15, -0.1) is 0 Å². The number of para-hydroxylation sites is 2. The Morgan fingerprint density at radius 3 is 2.80 bits per heavy atom. The molecule has 0 bridgehead atoms. The Labute approximate surface area is 147 Å². The fourth-order valence-corrected chi connectivity index (χ4v) is 2.92. The summed E-state index contributed by atoms with van der Waals surface area (Å²) in [5, 5.41) is 5.78. The van der Waals surface area contributed by atoms with Crippen LogP contribution in [0.4, 0.5) is 4.79 Å². The van der Waals surface area contributed by atoms with Crippen LogP contribution in [0.1, 0.15) is 36.7 Å². The lowest BCUT2D eigenvalue weighted by molar-refractivity contribution is 0.235. The average molecular weight is 340 g/mol. The molecule has 0 aliphatic heterocycles. The molecule has 2 N–H and O–H groups in total. The lowest BCUT2D eigenvalue weighted by Gasteiger charge is -2.13. The van der Waals surface area contributed by atoms with Crippen LogP contribution in [0.15, 0.2) is 40.8 Å². The maximum atomic E-state index is 12.0. The summed E-state index contributed by atoms with van der Waals surface area (Å²) in [5.41, 5.74) is 2.14. The van der Waals surface area contributed by atoms with Crippen LogP contribution in [0, 0.1) is 13.8 Å². The Kier molecular flexibility index (Phi) is 5.07. The summed E-state index contributed by atoms with van der Waals surface area (Å²) in [6.07, 6.45) is 0.836. The number of nitrogens with zero attached hydrogens (tertiary/aromatic N) is 2. The van der Waals surface area contributed by atoms with Crippen LogP contribution in [0.2, 0.25) is 0 Å². The van der Waals surface area contributed by atoms with Crippen molar-refractivity contribution in [2.24, 2.45) is 0 Å². The number of urea groups is 1. The smallest absolute Gasteiger partial charge is 0.315 e. The van der Waals surface area contributed by atoms with Crippen molar-refractivity contribution in [1.82, 2.24) is 20.2 Å². The van der Waals surface area contributed by atoms with Crippen molar-refractivity contribution in [2.45, 2.75) is 39.8 Å². The third-order valence-electron chi connectivity index (χ3n) is 4.22. The molecule has 3 rings (SSSR count). The number of hydrogen-bond donors (Lipinski definition) is 2. The molecule has 0 saturated heterocycles. The maximum absolute atomic E-state index is 12.0. The van der Waals surface area contributed by atoms with Crippen molar-refractivity contribution >= 4 is 17.1 Å². The maximum Gasteiger partial charge on any atom is 0.315 e. The molecule has 6 nitrogen and oxygen atoms in total. The lowest BCUT2D eigenvalue weighted by Crippen LogP contribution is -2.37. The monoisotopic (exact) mass is 340 g/mol. The van der Waals surface area contributed by atoms with Gasteiger partial charge < -0.3 is 19.6 Å². The highest BCUT2D eigenvalue weighted by Crippen LogP contribution is 2.16. The van der Waals surface area contributed by atoms with Crippen LogP contribution in [0.3, 0.4) is 0 Å². The van der Waals surface area contributed by atoms with Crippen molar-refractivity contribution in [1.29, 1.82) is 0 Å². The molecule has 0 radical (unpaired) electrons. The van der Waals surface area contributed by atoms with Crippen molar-refractivity contribution in [3.63, 3.8) is 0 Å². The first-order valence-electron chi connectivity index (χ1n) is 8.57. The van der Waals surface area contributed by atoms with Gasteiger partial charge in [-0.05, 0) is 51.5 Å².